The van der Waals surface area contributed by atoms with Gasteiger partial charge in [-0.05, 0) is 31.2 Å². The van der Waals surface area contributed by atoms with E-state index in [1.807, 2.05) is 18.2 Å². The quantitative estimate of drug-likeness (QED) is 0.738. The number of aromatic nitrogens is 1. The van der Waals surface area contributed by atoms with Crippen molar-refractivity contribution in [2.75, 3.05) is 44.3 Å². The fraction of sp³-hybridized carbons (Fsp3) is 0.429. The van der Waals surface area contributed by atoms with Crippen molar-refractivity contribution in [1.82, 2.24) is 14.6 Å². The molecule has 0 bridgehead atoms. The number of pyridine rings is 1. The summed E-state index contributed by atoms with van der Waals surface area (Å²) in [5, 5.41) is 0. The minimum Gasteiger partial charge on any atom is -0.490 e. The molecule has 1 saturated heterocycles. The van der Waals surface area contributed by atoms with Crippen LogP contribution in [0.3, 0.4) is 0 Å². The number of anilines is 1. The molecule has 1 fully saturated rings. The van der Waals surface area contributed by atoms with Gasteiger partial charge in [-0.3, -0.25) is 4.79 Å². The van der Waals surface area contributed by atoms with Gasteiger partial charge >= 0.3 is 0 Å². The van der Waals surface area contributed by atoms with Crippen molar-refractivity contribution in [3.8, 4) is 11.5 Å². The molecule has 166 valence electrons. The first kappa shape index (κ1) is 21.4. The maximum atomic E-state index is 12.8. The molecule has 0 aliphatic carbocycles. The number of piperazine rings is 1. The van der Waals surface area contributed by atoms with Crippen molar-refractivity contribution < 1.29 is 22.7 Å². The Hall–Kier alpha value is -2.85. The maximum Gasteiger partial charge on any atom is 0.241 e. The highest BCUT2D eigenvalue weighted by molar-refractivity contribution is 7.89. The van der Waals surface area contributed by atoms with Crippen molar-refractivity contribution in [2.24, 2.45) is 0 Å². The van der Waals surface area contributed by atoms with E-state index in [0.29, 0.717) is 50.9 Å². The molecule has 2 aromatic rings. The van der Waals surface area contributed by atoms with Gasteiger partial charge in [0.25, 0.3) is 0 Å². The first-order valence-corrected chi connectivity index (χ1v) is 11.8. The van der Waals surface area contributed by atoms with Crippen LogP contribution in [0.1, 0.15) is 13.3 Å². The van der Waals surface area contributed by atoms with Crippen LogP contribution in [0.15, 0.2) is 47.5 Å². The van der Waals surface area contributed by atoms with Crippen LogP contribution >= 0.6 is 0 Å². The molecule has 3 heterocycles. The summed E-state index contributed by atoms with van der Waals surface area (Å²) in [4.78, 5) is 21.0. The Kier molecular flexibility index (Phi) is 6.28. The fourth-order valence-corrected chi connectivity index (χ4v) is 4.84. The van der Waals surface area contributed by atoms with Gasteiger partial charge in [0.1, 0.15) is 5.82 Å². The van der Waals surface area contributed by atoms with Crippen molar-refractivity contribution in [3.63, 3.8) is 0 Å². The fourth-order valence-electron chi connectivity index (χ4n) is 3.63. The topological polar surface area (TPSA) is 101 Å². The van der Waals surface area contributed by atoms with E-state index in [1.54, 1.807) is 24.1 Å². The van der Waals surface area contributed by atoms with Crippen molar-refractivity contribution >= 4 is 21.7 Å². The average Bonchev–Trinajstić information content (AvgIpc) is 3.04. The third-order valence-electron chi connectivity index (χ3n) is 5.30. The molecule has 9 nitrogen and oxygen atoms in total. The Morgan fingerprint density at radius 3 is 2.52 bits per heavy atom. The molecule has 2 aliphatic heterocycles. The van der Waals surface area contributed by atoms with Crippen molar-refractivity contribution in [2.45, 2.75) is 24.3 Å². The number of ether oxygens (including phenoxy) is 2. The molecule has 2 aliphatic rings. The smallest absolute Gasteiger partial charge is 0.241 e. The number of nitrogens with zero attached hydrogens (tertiary/aromatic N) is 3. The van der Waals surface area contributed by atoms with Gasteiger partial charge in [-0.15, -0.1) is 0 Å². The summed E-state index contributed by atoms with van der Waals surface area (Å²) >= 11 is 0. The summed E-state index contributed by atoms with van der Waals surface area (Å²) in [5.41, 5.74) is 0. The first-order chi connectivity index (χ1) is 14.9. The number of rotatable bonds is 5. The van der Waals surface area contributed by atoms with Gasteiger partial charge in [0.05, 0.1) is 24.2 Å². The summed E-state index contributed by atoms with van der Waals surface area (Å²) < 4.78 is 39.3. The average molecular weight is 447 g/mol. The second-order valence-corrected chi connectivity index (χ2v) is 9.22. The molecule has 31 heavy (non-hydrogen) atoms. The Labute approximate surface area is 182 Å². The molecule has 0 unspecified atom stereocenters. The standard InChI is InChI=1S/C21H26N4O5S/c1-16(21(26)25-11-9-24(10-12-25)20-5-2-3-8-22-20)23-31(27,28)17-6-7-18-19(15-17)30-14-4-13-29-18/h2-3,5-8,15-16,23H,4,9-14H2,1H3/t16-/m0/s1. The van der Waals surface area contributed by atoms with Crippen LogP contribution in [0.4, 0.5) is 5.82 Å². The lowest BCUT2D eigenvalue weighted by atomic mass is 10.2. The molecule has 1 N–H and O–H groups in total. The molecule has 1 aromatic carbocycles. The van der Waals surface area contributed by atoms with E-state index in [1.165, 1.54) is 12.1 Å². The predicted octanol–water partition coefficient (Wildman–Crippen LogP) is 1.26. The SMILES string of the molecule is C[C@H](NS(=O)(=O)c1ccc2c(c1)OCCCO2)C(=O)N1CCN(c2ccccn2)CC1. The van der Waals surface area contributed by atoms with E-state index in [-0.39, 0.29) is 10.8 Å². The van der Waals surface area contributed by atoms with Gasteiger partial charge in [-0.25, -0.2) is 13.4 Å². The van der Waals surface area contributed by atoms with E-state index >= 15 is 0 Å². The molecule has 1 atom stereocenters. The zero-order valence-corrected chi connectivity index (χ0v) is 18.2. The number of carbonyl (C=O) groups excluding carboxylic acids is 1. The van der Waals surface area contributed by atoms with Crippen LogP contribution in [-0.4, -0.2) is 69.6 Å². The Morgan fingerprint density at radius 2 is 1.81 bits per heavy atom. The molecule has 1 amide bonds. The number of nitrogens with one attached hydrogen (secondary N) is 1. The largest absolute Gasteiger partial charge is 0.490 e. The number of fused-ring (bicyclic) bond motifs is 1. The van der Waals surface area contributed by atoms with Crippen LogP contribution in [0, 0.1) is 0 Å². The number of amides is 1. The van der Waals surface area contributed by atoms with Gasteiger partial charge in [-0.1, -0.05) is 6.07 Å². The minimum atomic E-state index is -3.90. The normalized spacial score (nSPS) is 17.7. The highest BCUT2D eigenvalue weighted by Crippen LogP contribution is 2.32. The van der Waals surface area contributed by atoms with E-state index < -0.39 is 16.1 Å². The number of sulfonamides is 1. The van der Waals surface area contributed by atoms with Crippen molar-refractivity contribution in [3.05, 3.63) is 42.6 Å². The molecule has 10 heteroatoms. The lowest BCUT2D eigenvalue weighted by Crippen LogP contribution is -2.54. The summed E-state index contributed by atoms with van der Waals surface area (Å²) in [6, 6.07) is 9.31. The van der Waals surface area contributed by atoms with Gasteiger partial charge in [0.15, 0.2) is 11.5 Å². The highest BCUT2D eigenvalue weighted by atomic mass is 32.2. The third-order valence-corrected chi connectivity index (χ3v) is 6.83. The number of hydrogen-bond donors (Lipinski definition) is 1. The molecule has 1 aromatic heterocycles. The minimum absolute atomic E-state index is 0.0383. The van der Waals surface area contributed by atoms with Gasteiger partial charge in [-0.2, -0.15) is 4.72 Å². The Morgan fingerprint density at radius 1 is 1.06 bits per heavy atom. The molecular weight excluding hydrogens is 420 g/mol. The Balaban J connectivity index is 1.38. The zero-order chi connectivity index (χ0) is 21.8. The number of carbonyl (C=O) groups is 1. The van der Waals surface area contributed by atoms with E-state index in [2.05, 4.69) is 14.6 Å². The molecule has 0 radical (unpaired) electrons. The summed E-state index contributed by atoms with van der Waals surface area (Å²) in [7, 11) is -3.90. The van der Waals surface area contributed by atoms with Crippen LogP contribution in [0.5, 0.6) is 11.5 Å². The van der Waals surface area contributed by atoms with Crippen LogP contribution in [-0.2, 0) is 14.8 Å². The second kappa shape index (κ2) is 9.11. The lowest BCUT2D eigenvalue weighted by Gasteiger charge is -2.36. The molecular formula is C21H26N4O5S. The van der Waals surface area contributed by atoms with Gasteiger partial charge in [0, 0.05) is 44.9 Å². The van der Waals surface area contributed by atoms with Crippen LogP contribution in [0.25, 0.3) is 0 Å². The summed E-state index contributed by atoms with van der Waals surface area (Å²) in [5.74, 6) is 1.53. The highest BCUT2D eigenvalue weighted by Gasteiger charge is 2.29. The third kappa shape index (κ3) is 4.91. The lowest BCUT2D eigenvalue weighted by molar-refractivity contribution is -0.132. The Bertz CT molecular complexity index is 1020. The number of hydrogen-bond acceptors (Lipinski definition) is 7. The molecule has 0 saturated carbocycles. The van der Waals surface area contributed by atoms with Crippen molar-refractivity contribution in [1.29, 1.82) is 0 Å². The maximum absolute atomic E-state index is 12.8. The number of benzene rings is 1. The van der Waals surface area contributed by atoms with Crippen LogP contribution in [0.2, 0.25) is 0 Å². The van der Waals surface area contributed by atoms with Crippen LogP contribution < -0.4 is 19.1 Å². The molecule has 0 spiro atoms. The second-order valence-electron chi connectivity index (χ2n) is 7.50. The predicted molar refractivity (Wildman–Crippen MR) is 115 cm³/mol. The summed E-state index contributed by atoms with van der Waals surface area (Å²) in [6.07, 6.45) is 2.47. The van der Waals surface area contributed by atoms with E-state index in [0.717, 1.165) is 12.2 Å². The molecule has 4 rings (SSSR count). The monoisotopic (exact) mass is 446 g/mol. The van der Waals surface area contributed by atoms with Gasteiger partial charge in [0.2, 0.25) is 15.9 Å². The zero-order valence-electron chi connectivity index (χ0n) is 17.4. The first-order valence-electron chi connectivity index (χ1n) is 10.3. The van der Waals surface area contributed by atoms with E-state index in [4.69, 9.17) is 9.47 Å². The summed E-state index contributed by atoms with van der Waals surface area (Å²) in [6.45, 7) is 4.85. The van der Waals surface area contributed by atoms with E-state index in [9.17, 15) is 13.2 Å². The van der Waals surface area contributed by atoms with Gasteiger partial charge < -0.3 is 19.3 Å².